The van der Waals surface area contributed by atoms with E-state index >= 15 is 0 Å². The van der Waals surface area contributed by atoms with Crippen LogP contribution in [0, 0.1) is 6.92 Å². The van der Waals surface area contributed by atoms with Gasteiger partial charge in [-0.3, -0.25) is 9.97 Å². The number of aromatic nitrogens is 2. The average molecular weight is 215 g/mol. The molecule has 82 valence electrons. The summed E-state index contributed by atoms with van der Waals surface area (Å²) in [7, 11) is 1.60. The standard InChI is InChI=1S/C12H13N3O/c1-8-6-9(13)11(15-7-8)12-10(16-2)4-3-5-14-12/h3-7H,13H2,1-2H3. The minimum absolute atomic E-state index is 0.608. The number of methoxy groups -OCH3 is 1. The van der Waals surface area contributed by atoms with Crippen LogP contribution in [0.2, 0.25) is 0 Å². The quantitative estimate of drug-likeness (QED) is 0.832. The normalized spacial score (nSPS) is 10.1. The summed E-state index contributed by atoms with van der Waals surface area (Å²) in [5, 5.41) is 0. The predicted octanol–water partition coefficient (Wildman–Crippen LogP) is 2.04. The Balaban J connectivity index is 2.58. The number of nitrogens with zero attached hydrogens (tertiary/aromatic N) is 2. The first-order chi connectivity index (χ1) is 7.72. The zero-order chi connectivity index (χ0) is 11.5. The molecule has 0 atom stereocenters. The molecule has 2 N–H and O–H groups in total. The molecule has 0 fully saturated rings. The molecule has 4 heteroatoms. The van der Waals surface area contributed by atoms with E-state index in [0.29, 0.717) is 22.8 Å². The van der Waals surface area contributed by atoms with Gasteiger partial charge in [0.2, 0.25) is 0 Å². The summed E-state index contributed by atoms with van der Waals surface area (Å²) in [4.78, 5) is 8.53. The van der Waals surface area contributed by atoms with Crippen molar-refractivity contribution in [3.05, 3.63) is 36.2 Å². The highest BCUT2D eigenvalue weighted by Crippen LogP contribution is 2.29. The summed E-state index contributed by atoms with van der Waals surface area (Å²) in [6.07, 6.45) is 3.46. The molecule has 2 aromatic rings. The highest BCUT2D eigenvalue weighted by atomic mass is 16.5. The third-order valence-electron chi connectivity index (χ3n) is 2.27. The average Bonchev–Trinajstić information content (AvgIpc) is 2.29. The van der Waals surface area contributed by atoms with E-state index in [1.807, 2.05) is 25.1 Å². The summed E-state index contributed by atoms with van der Waals surface area (Å²) in [6, 6.07) is 5.52. The van der Waals surface area contributed by atoms with E-state index < -0.39 is 0 Å². The maximum absolute atomic E-state index is 5.92. The second kappa shape index (κ2) is 4.18. The van der Waals surface area contributed by atoms with Crippen molar-refractivity contribution >= 4 is 5.69 Å². The van der Waals surface area contributed by atoms with Gasteiger partial charge in [0, 0.05) is 12.4 Å². The Morgan fingerprint density at radius 2 is 2.06 bits per heavy atom. The van der Waals surface area contributed by atoms with Gasteiger partial charge in [-0.15, -0.1) is 0 Å². The maximum atomic E-state index is 5.92. The van der Waals surface area contributed by atoms with Crippen LogP contribution in [0.25, 0.3) is 11.4 Å². The van der Waals surface area contributed by atoms with Crippen molar-refractivity contribution in [3.8, 4) is 17.1 Å². The van der Waals surface area contributed by atoms with Gasteiger partial charge in [-0.25, -0.2) is 0 Å². The van der Waals surface area contributed by atoms with Gasteiger partial charge in [0.25, 0.3) is 0 Å². The lowest BCUT2D eigenvalue weighted by Crippen LogP contribution is -1.98. The summed E-state index contributed by atoms with van der Waals surface area (Å²) >= 11 is 0. The lowest BCUT2D eigenvalue weighted by atomic mass is 10.1. The van der Waals surface area contributed by atoms with Crippen LogP contribution in [0.4, 0.5) is 5.69 Å². The predicted molar refractivity (Wildman–Crippen MR) is 63.2 cm³/mol. The van der Waals surface area contributed by atoms with Crippen molar-refractivity contribution in [1.82, 2.24) is 9.97 Å². The van der Waals surface area contributed by atoms with Crippen LogP contribution in [-0.4, -0.2) is 17.1 Å². The number of pyridine rings is 2. The highest BCUT2D eigenvalue weighted by molar-refractivity contribution is 5.74. The Hall–Kier alpha value is -2.10. The number of nitrogen functional groups attached to an aromatic ring is 1. The molecule has 2 rings (SSSR count). The molecule has 0 spiro atoms. The summed E-state index contributed by atoms with van der Waals surface area (Å²) in [5.74, 6) is 0.672. The van der Waals surface area contributed by atoms with Crippen molar-refractivity contribution < 1.29 is 4.74 Å². The molecule has 2 heterocycles. The number of hydrogen-bond acceptors (Lipinski definition) is 4. The molecule has 0 aliphatic carbocycles. The molecule has 0 aliphatic rings. The third kappa shape index (κ3) is 1.82. The number of ether oxygens (including phenoxy) is 1. The Bertz CT molecular complexity index is 511. The van der Waals surface area contributed by atoms with E-state index in [0.717, 1.165) is 5.56 Å². The van der Waals surface area contributed by atoms with Gasteiger partial charge in [0.05, 0.1) is 12.8 Å². The lowest BCUT2D eigenvalue weighted by molar-refractivity contribution is 0.414. The van der Waals surface area contributed by atoms with Gasteiger partial charge in [-0.05, 0) is 30.7 Å². The molecule has 0 bridgehead atoms. The Morgan fingerprint density at radius 3 is 2.75 bits per heavy atom. The van der Waals surface area contributed by atoms with Crippen molar-refractivity contribution in [2.45, 2.75) is 6.92 Å². The highest BCUT2D eigenvalue weighted by Gasteiger charge is 2.11. The summed E-state index contributed by atoms with van der Waals surface area (Å²) < 4.78 is 5.23. The molecule has 16 heavy (non-hydrogen) atoms. The van der Waals surface area contributed by atoms with Gasteiger partial charge in [0.1, 0.15) is 17.1 Å². The molecule has 0 amide bonds. The van der Waals surface area contributed by atoms with Crippen molar-refractivity contribution in [2.75, 3.05) is 12.8 Å². The van der Waals surface area contributed by atoms with Gasteiger partial charge in [-0.2, -0.15) is 0 Å². The minimum atomic E-state index is 0.608. The number of hydrogen-bond donors (Lipinski definition) is 1. The zero-order valence-electron chi connectivity index (χ0n) is 9.27. The van der Waals surface area contributed by atoms with Crippen LogP contribution in [0.3, 0.4) is 0 Å². The van der Waals surface area contributed by atoms with E-state index in [9.17, 15) is 0 Å². The zero-order valence-corrected chi connectivity index (χ0v) is 9.27. The Morgan fingerprint density at radius 1 is 1.25 bits per heavy atom. The van der Waals surface area contributed by atoms with Gasteiger partial charge < -0.3 is 10.5 Å². The molecule has 0 unspecified atom stereocenters. The molecule has 4 nitrogen and oxygen atoms in total. The van der Waals surface area contributed by atoms with Gasteiger partial charge in [0.15, 0.2) is 0 Å². The van der Waals surface area contributed by atoms with Gasteiger partial charge in [-0.1, -0.05) is 0 Å². The molecular formula is C12H13N3O. The Labute approximate surface area is 94.1 Å². The summed E-state index contributed by atoms with van der Waals surface area (Å²) in [5.41, 5.74) is 8.88. The van der Waals surface area contributed by atoms with Crippen molar-refractivity contribution in [3.63, 3.8) is 0 Å². The largest absolute Gasteiger partial charge is 0.494 e. The lowest BCUT2D eigenvalue weighted by Gasteiger charge is -2.08. The molecule has 0 aromatic carbocycles. The topological polar surface area (TPSA) is 61.0 Å². The van der Waals surface area contributed by atoms with Crippen LogP contribution in [0.15, 0.2) is 30.6 Å². The second-order valence-corrected chi connectivity index (χ2v) is 3.50. The SMILES string of the molecule is COc1cccnc1-c1ncc(C)cc1N. The number of anilines is 1. The Kier molecular flexibility index (Phi) is 2.72. The van der Waals surface area contributed by atoms with E-state index in [1.54, 1.807) is 19.5 Å². The van der Waals surface area contributed by atoms with E-state index in [1.165, 1.54) is 0 Å². The fourth-order valence-electron chi connectivity index (χ4n) is 1.52. The summed E-state index contributed by atoms with van der Waals surface area (Å²) in [6.45, 7) is 1.95. The van der Waals surface area contributed by atoms with E-state index in [2.05, 4.69) is 9.97 Å². The second-order valence-electron chi connectivity index (χ2n) is 3.50. The van der Waals surface area contributed by atoms with Crippen LogP contribution in [0.1, 0.15) is 5.56 Å². The first-order valence-electron chi connectivity index (χ1n) is 4.94. The molecular weight excluding hydrogens is 202 g/mol. The molecule has 0 aliphatic heterocycles. The third-order valence-corrected chi connectivity index (χ3v) is 2.27. The van der Waals surface area contributed by atoms with Crippen LogP contribution in [0.5, 0.6) is 5.75 Å². The minimum Gasteiger partial charge on any atom is -0.494 e. The first kappa shape index (κ1) is 10.4. The smallest absolute Gasteiger partial charge is 0.146 e. The van der Waals surface area contributed by atoms with Crippen molar-refractivity contribution in [2.24, 2.45) is 0 Å². The molecule has 0 saturated carbocycles. The van der Waals surface area contributed by atoms with Crippen LogP contribution in [-0.2, 0) is 0 Å². The fourth-order valence-corrected chi connectivity index (χ4v) is 1.52. The number of aryl methyl sites for hydroxylation is 1. The number of nitrogens with two attached hydrogens (primary N) is 1. The van der Waals surface area contributed by atoms with Crippen molar-refractivity contribution in [1.29, 1.82) is 0 Å². The van der Waals surface area contributed by atoms with E-state index in [-0.39, 0.29) is 0 Å². The first-order valence-corrected chi connectivity index (χ1v) is 4.94. The number of rotatable bonds is 2. The van der Waals surface area contributed by atoms with E-state index in [4.69, 9.17) is 10.5 Å². The molecule has 0 radical (unpaired) electrons. The van der Waals surface area contributed by atoms with Crippen LogP contribution < -0.4 is 10.5 Å². The fraction of sp³-hybridized carbons (Fsp3) is 0.167. The van der Waals surface area contributed by atoms with Crippen LogP contribution >= 0.6 is 0 Å². The molecule has 2 aromatic heterocycles. The van der Waals surface area contributed by atoms with Gasteiger partial charge >= 0.3 is 0 Å². The molecule has 0 saturated heterocycles. The monoisotopic (exact) mass is 215 g/mol. The maximum Gasteiger partial charge on any atom is 0.146 e.